The number of methoxy groups -OCH3 is 1. The zero-order valence-corrected chi connectivity index (χ0v) is 14.5. The quantitative estimate of drug-likeness (QED) is 0.603. The molecule has 0 N–H and O–H groups in total. The molecule has 130 valence electrons. The van der Waals surface area contributed by atoms with E-state index in [1.165, 1.54) is 0 Å². The summed E-state index contributed by atoms with van der Waals surface area (Å²) in [7, 11) is 1.60. The third kappa shape index (κ3) is 4.59. The Balaban J connectivity index is 1.73. The van der Waals surface area contributed by atoms with E-state index in [1.54, 1.807) is 25.4 Å². The number of hydrogen-bond acceptors (Lipinski definition) is 5. The van der Waals surface area contributed by atoms with Gasteiger partial charge in [0.15, 0.2) is 0 Å². The zero-order valence-electron chi connectivity index (χ0n) is 14.5. The average Bonchev–Trinajstić information content (AvgIpc) is 2.72. The third-order valence-corrected chi connectivity index (χ3v) is 3.85. The molecule has 0 amide bonds. The van der Waals surface area contributed by atoms with Crippen LogP contribution >= 0.6 is 0 Å². The molecule has 0 aliphatic carbocycles. The van der Waals surface area contributed by atoms with Crippen molar-refractivity contribution in [3.63, 3.8) is 0 Å². The van der Waals surface area contributed by atoms with Gasteiger partial charge >= 0.3 is 0 Å². The number of hydrogen-bond donors (Lipinski definition) is 0. The summed E-state index contributed by atoms with van der Waals surface area (Å²) in [5, 5.41) is 10.7. The van der Waals surface area contributed by atoms with Crippen LogP contribution in [-0.4, -0.2) is 12.1 Å². The summed E-state index contributed by atoms with van der Waals surface area (Å²) in [6, 6.07) is 23.2. The van der Waals surface area contributed by atoms with E-state index >= 15 is 0 Å². The molecule has 3 rings (SSSR count). The first-order chi connectivity index (χ1) is 12.8. The van der Waals surface area contributed by atoms with Crippen molar-refractivity contribution in [1.29, 1.82) is 5.26 Å². The first-order valence-corrected chi connectivity index (χ1v) is 8.22. The molecule has 0 saturated carbocycles. The van der Waals surface area contributed by atoms with Crippen LogP contribution < -0.4 is 9.80 Å². The highest BCUT2D eigenvalue weighted by atomic mass is 16.7. The molecule has 0 aliphatic heterocycles. The van der Waals surface area contributed by atoms with Crippen molar-refractivity contribution >= 4 is 5.69 Å². The first kappa shape index (κ1) is 17.5. The first-order valence-electron chi connectivity index (χ1n) is 8.22. The van der Waals surface area contributed by atoms with Crippen LogP contribution in [0.15, 0.2) is 72.9 Å². The number of pyridine rings is 1. The van der Waals surface area contributed by atoms with Crippen molar-refractivity contribution in [1.82, 2.24) is 4.98 Å². The summed E-state index contributed by atoms with van der Waals surface area (Å²) in [6.07, 6.45) is 1.78. The molecule has 0 fully saturated rings. The van der Waals surface area contributed by atoms with Crippen LogP contribution in [0.2, 0.25) is 0 Å². The molecule has 0 saturated heterocycles. The Morgan fingerprint density at radius 3 is 2.31 bits per heavy atom. The lowest BCUT2D eigenvalue weighted by atomic mass is 10.2. The van der Waals surface area contributed by atoms with Crippen molar-refractivity contribution in [3.8, 4) is 11.9 Å². The Bertz CT molecular complexity index is 857. The van der Waals surface area contributed by atoms with Crippen molar-refractivity contribution in [2.45, 2.75) is 13.2 Å². The molecule has 2 aromatic carbocycles. The molecule has 5 heteroatoms. The standard InChI is InChI=1S/C21H19N3O2/c1-25-21-12-11-19(14-23-21)15-24(20-5-3-2-4-6-20)26-16-18-9-7-17(13-22)8-10-18/h2-12,14H,15-16H2,1H3. The van der Waals surface area contributed by atoms with Gasteiger partial charge < -0.3 is 4.74 Å². The van der Waals surface area contributed by atoms with E-state index in [1.807, 2.05) is 59.7 Å². The number of ether oxygens (including phenoxy) is 1. The van der Waals surface area contributed by atoms with E-state index in [9.17, 15) is 0 Å². The SMILES string of the molecule is COc1ccc(CN(OCc2ccc(C#N)cc2)c2ccccc2)cn1. The van der Waals surface area contributed by atoms with Crippen LogP contribution in [0.1, 0.15) is 16.7 Å². The largest absolute Gasteiger partial charge is 0.481 e. The predicted molar refractivity (Wildman–Crippen MR) is 99.4 cm³/mol. The number of para-hydroxylation sites is 1. The molecule has 3 aromatic rings. The molecular weight excluding hydrogens is 326 g/mol. The summed E-state index contributed by atoms with van der Waals surface area (Å²) in [5.41, 5.74) is 3.60. The average molecular weight is 345 g/mol. The molecule has 1 aromatic heterocycles. The summed E-state index contributed by atoms with van der Waals surface area (Å²) < 4.78 is 5.10. The molecular formula is C21H19N3O2. The molecule has 0 atom stereocenters. The minimum Gasteiger partial charge on any atom is -0.481 e. The summed E-state index contributed by atoms with van der Waals surface area (Å²) in [6.45, 7) is 0.960. The van der Waals surface area contributed by atoms with Crippen LogP contribution in [0.25, 0.3) is 0 Å². The second kappa shape index (κ2) is 8.65. The number of benzene rings is 2. The van der Waals surface area contributed by atoms with E-state index in [2.05, 4.69) is 11.1 Å². The van der Waals surface area contributed by atoms with Crippen LogP contribution in [-0.2, 0) is 18.0 Å². The summed E-state index contributed by atoms with van der Waals surface area (Å²) >= 11 is 0. The fourth-order valence-corrected chi connectivity index (χ4v) is 2.42. The van der Waals surface area contributed by atoms with Gasteiger partial charge in [0.1, 0.15) is 0 Å². The van der Waals surface area contributed by atoms with Crippen LogP contribution in [0, 0.1) is 11.3 Å². The highest BCUT2D eigenvalue weighted by Gasteiger charge is 2.09. The van der Waals surface area contributed by atoms with E-state index in [4.69, 9.17) is 14.8 Å². The zero-order chi connectivity index (χ0) is 18.2. The fraction of sp³-hybridized carbons (Fsp3) is 0.143. The number of hydroxylamine groups is 1. The van der Waals surface area contributed by atoms with Gasteiger partial charge in [-0.25, -0.2) is 10.0 Å². The number of rotatable bonds is 7. The van der Waals surface area contributed by atoms with Gasteiger partial charge in [0.25, 0.3) is 0 Å². The maximum Gasteiger partial charge on any atom is 0.212 e. The number of nitriles is 1. The van der Waals surface area contributed by atoms with Gasteiger partial charge in [-0.05, 0) is 35.4 Å². The van der Waals surface area contributed by atoms with E-state index < -0.39 is 0 Å². The molecule has 5 nitrogen and oxygen atoms in total. The predicted octanol–water partition coefficient (Wildman–Crippen LogP) is 4.10. The lowest BCUT2D eigenvalue weighted by Crippen LogP contribution is -2.23. The van der Waals surface area contributed by atoms with Crippen molar-refractivity contribution in [2.75, 3.05) is 12.2 Å². The van der Waals surface area contributed by atoms with Crippen molar-refractivity contribution in [3.05, 3.63) is 89.6 Å². The topological polar surface area (TPSA) is 58.4 Å². The van der Waals surface area contributed by atoms with E-state index in [0.717, 1.165) is 16.8 Å². The van der Waals surface area contributed by atoms with Crippen LogP contribution in [0.4, 0.5) is 5.69 Å². The molecule has 0 spiro atoms. The minimum atomic E-state index is 0.407. The fourth-order valence-electron chi connectivity index (χ4n) is 2.42. The normalized spacial score (nSPS) is 10.2. The maximum atomic E-state index is 8.89. The van der Waals surface area contributed by atoms with Crippen LogP contribution in [0.5, 0.6) is 5.88 Å². The van der Waals surface area contributed by atoms with Gasteiger partial charge in [-0.15, -0.1) is 0 Å². The van der Waals surface area contributed by atoms with Crippen molar-refractivity contribution < 1.29 is 9.57 Å². The molecule has 0 radical (unpaired) electrons. The minimum absolute atomic E-state index is 0.407. The molecule has 26 heavy (non-hydrogen) atoms. The molecule has 0 unspecified atom stereocenters. The third-order valence-electron chi connectivity index (χ3n) is 3.85. The lowest BCUT2D eigenvalue weighted by Gasteiger charge is -2.24. The summed E-state index contributed by atoms with van der Waals surface area (Å²) in [5.74, 6) is 0.582. The van der Waals surface area contributed by atoms with Gasteiger partial charge in [0.2, 0.25) is 5.88 Å². The number of nitrogens with zero attached hydrogens (tertiary/aromatic N) is 3. The highest BCUT2D eigenvalue weighted by molar-refractivity contribution is 5.44. The van der Waals surface area contributed by atoms with Gasteiger partial charge in [-0.2, -0.15) is 5.26 Å². The highest BCUT2D eigenvalue weighted by Crippen LogP contribution is 2.19. The lowest BCUT2D eigenvalue weighted by molar-refractivity contribution is 0.0908. The Morgan fingerprint density at radius 1 is 0.962 bits per heavy atom. The molecule has 0 bridgehead atoms. The Labute approximate surface area is 153 Å². The monoisotopic (exact) mass is 345 g/mol. The maximum absolute atomic E-state index is 8.89. The van der Waals surface area contributed by atoms with Crippen molar-refractivity contribution in [2.24, 2.45) is 0 Å². The van der Waals surface area contributed by atoms with E-state index in [-0.39, 0.29) is 0 Å². The van der Waals surface area contributed by atoms with Gasteiger partial charge in [0.05, 0.1) is 37.6 Å². The Morgan fingerprint density at radius 2 is 1.69 bits per heavy atom. The van der Waals surface area contributed by atoms with Gasteiger partial charge in [-0.1, -0.05) is 36.4 Å². The second-order valence-electron chi connectivity index (χ2n) is 5.66. The van der Waals surface area contributed by atoms with E-state index in [0.29, 0.717) is 24.6 Å². The molecule has 1 heterocycles. The van der Waals surface area contributed by atoms with Crippen LogP contribution in [0.3, 0.4) is 0 Å². The Hall–Kier alpha value is -3.36. The summed E-state index contributed by atoms with van der Waals surface area (Å²) in [4.78, 5) is 10.3. The van der Waals surface area contributed by atoms with Gasteiger partial charge in [0, 0.05) is 12.3 Å². The molecule has 0 aliphatic rings. The number of aromatic nitrogens is 1. The Kier molecular flexibility index (Phi) is 5.81. The smallest absolute Gasteiger partial charge is 0.212 e. The van der Waals surface area contributed by atoms with Gasteiger partial charge in [-0.3, -0.25) is 4.84 Å². The number of anilines is 1. The second-order valence-corrected chi connectivity index (χ2v) is 5.66.